The van der Waals surface area contributed by atoms with Crippen LogP contribution in [0.3, 0.4) is 0 Å². The molecule has 0 amide bonds. The molecule has 0 spiro atoms. The van der Waals surface area contributed by atoms with Gasteiger partial charge in [0.1, 0.15) is 6.33 Å². The predicted octanol–water partition coefficient (Wildman–Crippen LogP) is 2.46. The molecule has 0 fully saturated rings. The summed E-state index contributed by atoms with van der Waals surface area (Å²) >= 11 is 0. The summed E-state index contributed by atoms with van der Waals surface area (Å²) in [6, 6.07) is 0. The lowest BCUT2D eigenvalue weighted by atomic mass is 10.0. The highest BCUT2D eigenvalue weighted by molar-refractivity contribution is 5.82. The van der Waals surface area contributed by atoms with Crippen molar-refractivity contribution in [3.8, 4) is 0 Å². The van der Waals surface area contributed by atoms with Gasteiger partial charge in [-0.1, -0.05) is 13.8 Å². The number of hydrogen-bond donors (Lipinski definition) is 0. The van der Waals surface area contributed by atoms with E-state index in [1.807, 2.05) is 19.3 Å². The van der Waals surface area contributed by atoms with E-state index in [9.17, 15) is 0 Å². The number of aryl methyl sites for hydroxylation is 1. The fourth-order valence-corrected chi connectivity index (χ4v) is 1.59. The van der Waals surface area contributed by atoms with Gasteiger partial charge in [0, 0.05) is 17.8 Å². The molecule has 0 bridgehead atoms. The second kappa shape index (κ2) is 3.33. The van der Waals surface area contributed by atoms with Gasteiger partial charge < -0.3 is 0 Å². The van der Waals surface area contributed by atoms with Crippen molar-refractivity contribution in [2.24, 2.45) is 0 Å². The van der Waals surface area contributed by atoms with E-state index in [1.165, 1.54) is 0 Å². The standard InChI is InChI=1S/C11H13N3/c1-7(2)10-9-5-12-6-14-11(9)8(3)4-13-10/h4-7H,1-3H3. The Morgan fingerprint density at radius 3 is 2.64 bits per heavy atom. The second-order valence-electron chi connectivity index (χ2n) is 3.77. The van der Waals surface area contributed by atoms with Gasteiger partial charge in [0.25, 0.3) is 0 Å². The average molecular weight is 187 g/mol. The number of fused-ring (bicyclic) bond motifs is 1. The highest BCUT2D eigenvalue weighted by atomic mass is 14.8. The van der Waals surface area contributed by atoms with Gasteiger partial charge >= 0.3 is 0 Å². The molecule has 72 valence electrons. The van der Waals surface area contributed by atoms with Crippen molar-refractivity contribution in [3.05, 3.63) is 30.0 Å². The van der Waals surface area contributed by atoms with E-state index < -0.39 is 0 Å². The van der Waals surface area contributed by atoms with Crippen molar-refractivity contribution in [1.82, 2.24) is 15.0 Å². The molecular formula is C11H13N3. The third-order valence-corrected chi connectivity index (χ3v) is 2.31. The van der Waals surface area contributed by atoms with Crippen LogP contribution in [0.25, 0.3) is 10.9 Å². The Morgan fingerprint density at radius 1 is 1.14 bits per heavy atom. The maximum atomic E-state index is 4.43. The molecule has 0 saturated heterocycles. The van der Waals surface area contributed by atoms with E-state index in [0.29, 0.717) is 5.92 Å². The van der Waals surface area contributed by atoms with Crippen LogP contribution in [0.15, 0.2) is 18.7 Å². The first-order valence-corrected chi connectivity index (χ1v) is 4.75. The van der Waals surface area contributed by atoms with Gasteiger partial charge in [0.05, 0.1) is 11.2 Å². The molecule has 0 radical (unpaired) electrons. The Kier molecular flexibility index (Phi) is 2.15. The van der Waals surface area contributed by atoms with Crippen molar-refractivity contribution < 1.29 is 0 Å². The lowest BCUT2D eigenvalue weighted by Gasteiger charge is -2.08. The van der Waals surface area contributed by atoms with E-state index in [1.54, 1.807) is 6.33 Å². The summed E-state index contributed by atoms with van der Waals surface area (Å²) in [7, 11) is 0. The molecule has 2 heterocycles. The molecule has 14 heavy (non-hydrogen) atoms. The van der Waals surface area contributed by atoms with Crippen LogP contribution in [-0.4, -0.2) is 15.0 Å². The van der Waals surface area contributed by atoms with Crippen LogP contribution in [0.5, 0.6) is 0 Å². The molecular weight excluding hydrogens is 174 g/mol. The van der Waals surface area contributed by atoms with Crippen LogP contribution in [0.1, 0.15) is 31.0 Å². The topological polar surface area (TPSA) is 38.7 Å². The zero-order valence-corrected chi connectivity index (χ0v) is 8.65. The highest BCUT2D eigenvalue weighted by Gasteiger charge is 2.08. The van der Waals surface area contributed by atoms with Crippen LogP contribution >= 0.6 is 0 Å². The average Bonchev–Trinajstić information content (AvgIpc) is 2.18. The maximum Gasteiger partial charge on any atom is 0.116 e. The van der Waals surface area contributed by atoms with Crippen molar-refractivity contribution >= 4 is 10.9 Å². The fourth-order valence-electron chi connectivity index (χ4n) is 1.59. The molecule has 0 unspecified atom stereocenters. The van der Waals surface area contributed by atoms with E-state index in [2.05, 4.69) is 28.8 Å². The first-order chi connectivity index (χ1) is 6.70. The lowest BCUT2D eigenvalue weighted by Crippen LogP contribution is -1.97. The molecule has 2 rings (SSSR count). The largest absolute Gasteiger partial charge is 0.260 e. The summed E-state index contributed by atoms with van der Waals surface area (Å²) in [5.41, 5.74) is 3.19. The van der Waals surface area contributed by atoms with E-state index in [4.69, 9.17) is 0 Å². The molecule has 2 aromatic heterocycles. The van der Waals surface area contributed by atoms with Gasteiger partial charge in [-0.05, 0) is 18.4 Å². The summed E-state index contributed by atoms with van der Waals surface area (Å²) in [6.45, 7) is 6.28. The SMILES string of the molecule is Cc1cnc(C(C)C)c2cncnc12. The maximum absolute atomic E-state index is 4.43. The Balaban J connectivity index is 2.82. The molecule has 0 aliphatic heterocycles. The first kappa shape index (κ1) is 9.06. The number of aromatic nitrogens is 3. The van der Waals surface area contributed by atoms with Crippen LogP contribution in [0.2, 0.25) is 0 Å². The van der Waals surface area contributed by atoms with E-state index in [0.717, 1.165) is 22.2 Å². The van der Waals surface area contributed by atoms with Gasteiger partial charge in [0.2, 0.25) is 0 Å². The van der Waals surface area contributed by atoms with Gasteiger partial charge in [-0.15, -0.1) is 0 Å². The Labute approximate surface area is 83.2 Å². The predicted molar refractivity (Wildman–Crippen MR) is 56.2 cm³/mol. The molecule has 3 nitrogen and oxygen atoms in total. The van der Waals surface area contributed by atoms with E-state index in [-0.39, 0.29) is 0 Å². The van der Waals surface area contributed by atoms with Crippen molar-refractivity contribution in [2.45, 2.75) is 26.7 Å². The summed E-state index contributed by atoms with van der Waals surface area (Å²) in [5.74, 6) is 0.407. The van der Waals surface area contributed by atoms with Gasteiger partial charge in [-0.3, -0.25) is 4.98 Å². The first-order valence-electron chi connectivity index (χ1n) is 4.75. The number of rotatable bonds is 1. The molecule has 0 aliphatic rings. The van der Waals surface area contributed by atoms with Gasteiger partial charge in [-0.2, -0.15) is 0 Å². The van der Waals surface area contributed by atoms with Crippen molar-refractivity contribution in [3.63, 3.8) is 0 Å². The summed E-state index contributed by atoms with van der Waals surface area (Å²) in [5, 5.41) is 1.07. The zero-order chi connectivity index (χ0) is 10.1. The molecule has 0 saturated carbocycles. The molecule has 0 aliphatic carbocycles. The van der Waals surface area contributed by atoms with Crippen LogP contribution in [0, 0.1) is 6.92 Å². The molecule has 3 heteroatoms. The third kappa shape index (κ3) is 1.35. The Morgan fingerprint density at radius 2 is 1.93 bits per heavy atom. The summed E-state index contributed by atoms with van der Waals surface area (Å²) in [6.07, 6.45) is 5.31. The number of pyridine rings is 1. The summed E-state index contributed by atoms with van der Waals surface area (Å²) < 4.78 is 0. The smallest absolute Gasteiger partial charge is 0.116 e. The molecule has 0 aromatic carbocycles. The lowest BCUT2D eigenvalue weighted by molar-refractivity contribution is 0.831. The molecule has 0 N–H and O–H groups in total. The number of hydrogen-bond acceptors (Lipinski definition) is 3. The highest BCUT2D eigenvalue weighted by Crippen LogP contribution is 2.22. The van der Waals surface area contributed by atoms with Crippen LogP contribution < -0.4 is 0 Å². The van der Waals surface area contributed by atoms with Crippen LogP contribution in [-0.2, 0) is 0 Å². The monoisotopic (exact) mass is 187 g/mol. The van der Waals surface area contributed by atoms with Crippen molar-refractivity contribution in [1.29, 1.82) is 0 Å². The Hall–Kier alpha value is -1.51. The minimum atomic E-state index is 0.407. The van der Waals surface area contributed by atoms with Gasteiger partial charge in [-0.25, -0.2) is 9.97 Å². The number of nitrogens with zero attached hydrogens (tertiary/aromatic N) is 3. The molecule has 0 atom stereocenters. The molecule has 2 aromatic rings. The fraction of sp³-hybridized carbons (Fsp3) is 0.364. The summed E-state index contributed by atoms with van der Waals surface area (Å²) in [4.78, 5) is 12.7. The minimum Gasteiger partial charge on any atom is -0.260 e. The van der Waals surface area contributed by atoms with Gasteiger partial charge in [0.15, 0.2) is 0 Å². The van der Waals surface area contributed by atoms with Crippen LogP contribution in [0.4, 0.5) is 0 Å². The quantitative estimate of drug-likeness (QED) is 0.688. The normalized spacial score (nSPS) is 11.1. The van der Waals surface area contributed by atoms with E-state index >= 15 is 0 Å². The Bertz CT molecular complexity index is 463. The van der Waals surface area contributed by atoms with Crippen molar-refractivity contribution in [2.75, 3.05) is 0 Å². The minimum absolute atomic E-state index is 0.407. The third-order valence-electron chi connectivity index (χ3n) is 2.31. The zero-order valence-electron chi connectivity index (χ0n) is 8.65. The second-order valence-corrected chi connectivity index (χ2v) is 3.77.